The van der Waals surface area contributed by atoms with Crippen LogP contribution < -0.4 is 11.1 Å². The van der Waals surface area contributed by atoms with Crippen LogP contribution in [-0.2, 0) is 11.3 Å². The van der Waals surface area contributed by atoms with Crippen LogP contribution in [-0.4, -0.2) is 29.9 Å². The molecule has 0 heterocycles. The quantitative estimate of drug-likeness (QED) is 0.836. The van der Waals surface area contributed by atoms with Gasteiger partial charge in [-0.15, -0.1) is 0 Å². The molecule has 0 radical (unpaired) electrons. The van der Waals surface area contributed by atoms with E-state index in [4.69, 9.17) is 11.0 Å². The highest BCUT2D eigenvalue weighted by atomic mass is 16.2. The molecule has 3 amide bonds. The minimum absolute atomic E-state index is 0.126. The SMILES string of the molecule is C[C@H](CC(N)=O)N(C)C(=O)NCc1ccc(C#N)cc1. The third-order valence-electron chi connectivity index (χ3n) is 3.00. The van der Waals surface area contributed by atoms with E-state index in [1.165, 1.54) is 4.90 Å². The number of nitrogens with one attached hydrogen (secondary N) is 1. The fourth-order valence-electron chi connectivity index (χ4n) is 1.63. The number of nitriles is 1. The molecule has 6 nitrogen and oxygen atoms in total. The Hall–Kier alpha value is -2.55. The maximum Gasteiger partial charge on any atom is 0.317 e. The zero-order chi connectivity index (χ0) is 15.1. The largest absolute Gasteiger partial charge is 0.370 e. The Balaban J connectivity index is 2.49. The predicted octanol–water partition coefficient (Wildman–Crippen LogP) is 0.964. The van der Waals surface area contributed by atoms with Crippen LogP contribution in [0, 0.1) is 11.3 Å². The lowest BCUT2D eigenvalue weighted by atomic mass is 10.1. The second kappa shape index (κ2) is 7.14. The van der Waals surface area contributed by atoms with E-state index >= 15 is 0 Å². The smallest absolute Gasteiger partial charge is 0.317 e. The summed E-state index contributed by atoms with van der Waals surface area (Å²) in [6, 6.07) is 8.46. The molecule has 0 spiro atoms. The van der Waals surface area contributed by atoms with Crippen LogP contribution in [0.2, 0.25) is 0 Å². The molecule has 0 unspecified atom stereocenters. The summed E-state index contributed by atoms with van der Waals surface area (Å²) in [6.45, 7) is 2.12. The molecule has 0 aromatic heterocycles. The van der Waals surface area contributed by atoms with Crippen molar-refractivity contribution in [2.75, 3.05) is 7.05 Å². The van der Waals surface area contributed by atoms with Gasteiger partial charge in [-0.2, -0.15) is 5.26 Å². The van der Waals surface area contributed by atoms with Gasteiger partial charge < -0.3 is 16.0 Å². The van der Waals surface area contributed by atoms with Gasteiger partial charge in [-0.25, -0.2) is 4.79 Å². The van der Waals surface area contributed by atoms with Gasteiger partial charge in [0.1, 0.15) is 0 Å². The molecule has 0 saturated carbocycles. The van der Waals surface area contributed by atoms with Crippen molar-refractivity contribution < 1.29 is 9.59 Å². The summed E-state index contributed by atoms with van der Waals surface area (Å²) >= 11 is 0. The molecule has 1 aromatic carbocycles. The molecule has 1 rings (SSSR count). The van der Waals surface area contributed by atoms with E-state index in [1.54, 1.807) is 38.2 Å². The van der Waals surface area contributed by atoms with Crippen LogP contribution in [0.3, 0.4) is 0 Å². The zero-order valence-electron chi connectivity index (χ0n) is 11.6. The second-order valence-corrected chi connectivity index (χ2v) is 4.60. The lowest BCUT2D eigenvalue weighted by molar-refractivity contribution is -0.118. The Morgan fingerprint density at radius 3 is 2.50 bits per heavy atom. The van der Waals surface area contributed by atoms with Gasteiger partial charge in [0.05, 0.1) is 11.6 Å². The molecule has 0 fully saturated rings. The molecule has 106 valence electrons. The Bertz CT molecular complexity index is 519. The first-order valence-corrected chi connectivity index (χ1v) is 6.22. The van der Waals surface area contributed by atoms with Gasteiger partial charge in [-0.3, -0.25) is 4.79 Å². The Morgan fingerprint density at radius 2 is 2.00 bits per heavy atom. The van der Waals surface area contributed by atoms with Crippen molar-refractivity contribution in [2.24, 2.45) is 5.73 Å². The molecule has 0 saturated heterocycles. The summed E-state index contributed by atoms with van der Waals surface area (Å²) in [5.41, 5.74) is 6.57. The molecule has 20 heavy (non-hydrogen) atoms. The van der Waals surface area contributed by atoms with Crippen molar-refractivity contribution in [2.45, 2.75) is 25.9 Å². The van der Waals surface area contributed by atoms with E-state index in [0.29, 0.717) is 12.1 Å². The Labute approximate surface area is 118 Å². The van der Waals surface area contributed by atoms with Gasteiger partial charge in [0.15, 0.2) is 0 Å². The van der Waals surface area contributed by atoms with E-state index in [-0.39, 0.29) is 18.5 Å². The number of amides is 3. The van der Waals surface area contributed by atoms with E-state index < -0.39 is 5.91 Å². The number of urea groups is 1. The summed E-state index contributed by atoms with van der Waals surface area (Å²) in [5.74, 6) is -0.441. The number of primary amides is 1. The summed E-state index contributed by atoms with van der Waals surface area (Å²) in [4.78, 5) is 24.1. The molecule has 0 aliphatic heterocycles. The number of benzene rings is 1. The first kappa shape index (κ1) is 15.5. The molecule has 0 bridgehead atoms. The summed E-state index contributed by atoms with van der Waals surface area (Å²) in [5, 5.41) is 11.4. The van der Waals surface area contributed by atoms with Crippen molar-refractivity contribution in [3.63, 3.8) is 0 Å². The second-order valence-electron chi connectivity index (χ2n) is 4.60. The molecule has 6 heteroatoms. The number of carbonyl (C=O) groups is 2. The van der Waals surface area contributed by atoms with Gasteiger partial charge in [-0.05, 0) is 24.6 Å². The van der Waals surface area contributed by atoms with Crippen molar-refractivity contribution >= 4 is 11.9 Å². The van der Waals surface area contributed by atoms with Gasteiger partial charge in [0, 0.05) is 26.1 Å². The van der Waals surface area contributed by atoms with E-state index in [9.17, 15) is 9.59 Å². The average molecular weight is 274 g/mol. The summed E-state index contributed by atoms with van der Waals surface area (Å²) in [6.07, 6.45) is 0.126. The van der Waals surface area contributed by atoms with Gasteiger partial charge in [0.2, 0.25) is 5.91 Å². The highest BCUT2D eigenvalue weighted by molar-refractivity contribution is 5.77. The van der Waals surface area contributed by atoms with Crippen LogP contribution in [0.5, 0.6) is 0 Å². The lowest BCUT2D eigenvalue weighted by Crippen LogP contribution is -2.43. The van der Waals surface area contributed by atoms with Gasteiger partial charge in [0.25, 0.3) is 0 Å². The van der Waals surface area contributed by atoms with Crippen molar-refractivity contribution in [3.8, 4) is 6.07 Å². The molecule has 0 aliphatic carbocycles. The standard InChI is InChI=1S/C14H18N4O2/c1-10(7-13(16)19)18(2)14(20)17-9-12-5-3-11(8-15)4-6-12/h3-6,10H,7,9H2,1-2H3,(H2,16,19)(H,17,20)/t10-/m1/s1. The number of hydrogen-bond acceptors (Lipinski definition) is 3. The van der Waals surface area contributed by atoms with Crippen molar-refractivity contribution in [1.82, 2.24) is 10.2 Å². The van der Waals surface area contributed by atoms with Crippen LogP contribution in [0.25, 0.3) is 0 Å². The molecule has 1 aromatic rings. The maximum absolute atomic E-state index is 11.9. The van der Waals surface area contributed by atoms with Crippen molar-refractivity contribution in [1.29, 1.82) is 5.26 Å². The number of nitrogens with two attached hydrogens (primary N) is 1. The van der Waals surface area contributed by atoms with E-state index in [2.05, 4.69) is 5.32 Å². The molecule has 3 N–H and O–H groups in total. The minimum Gasteiger partial charge on any atom is -0.370 e. The fourth-order valence-corrected chi connectivity index (χ4v) is 1.63. The van der Waals surface area contributed by atoms with Crippen LogP contribution in [0.15, 0.2) is 24.3 Å². The van der Waals surface area contributed by atoms with Crippen LogP contribution in [0.1, 0.15) is 24.5 Å². The third kappa shape index (κ3) is 4.61. The number of hydrogen-bond donors (Lipinski definition) is 2. The highest BCUT2D eigenvalue weighted by Gasteiger charge is 2.16. The number of nitrogens with zero attached hydrogens (tertiary/aromatic N) is 2. The lowest BCUT2D eigenvalue weighted by Gasteiger charge is -2.24. The first-order chi connectivity index (χ1) is 9.43. The highest BCUT2D eigenvalue weighted by Crippen LogP contribution is 2.04. The monoisotopic (exact) mass is 274 g/mol. The summed E-state index contributed by atoms with van der Waals surface area (Å²) in [7, 11) is 1.61. The minimum atomic E-state index is -0.441. The van der Waals surface area contributed by atoms with Gasteiger partial charge in [-0.1, -0.05) is 12.1 Å². The normalized spacial score (nSPS) is 11.2. The summed E-state index contributed by atoms with van der Waals surface area (Å²) < 4.78 is 0. The number of carbonyl (C=O) groups excluding carboxylic acids is 2. The van der Waals surface area contributed by atoms with Gasteiger partial charge >= 0.3 is 6.03 Å². The molecular weight excluding hydrogens is 256 g/mol. The molecule has 0 aliphatic rings. The first-order valence-electron chi connectivity index (χ1n) is 6.22. The van der Waals surface area contributed by atoms with Crippen LogP contribution in [0.4, 0.5) is 4.79 Å². The topological polar surface area (TPSA) is 99.2 Å². The van der Waals surface area contributed by atoms with Crippen LogP contribution >= 0.6 is 0 Å². The fraction of sp³-hybridized carbons (Fsp3) is 0.357. The zero-order valence-corrected chi connectivity index (χ0v) is 11.6. The Kier molecular flexibility index (Phi) is 5.54. The van der Waals surface area contributed by atoms with E-state index in [0.717, 1.165) is 5.56 Å². The Morgan fingerprint density at radius 1 is 1.40 bits per heavy atom. The predicted molar refractivity (Wildman–Crippen MR) is 74.4 cm³/mol. The molecule has 1 atom stereocenters. The molecular formula is C14H18N4O2. The number of rotatable bonds is 5. The average Bonchev–Trinajstić information content (AvgIpc) is 2.43. The van der Waals surface area contributed by atoms with E-state index in [1.807, 2.05) is 6.07 Å². The van der Waals surface area contributed by atoms with Crippen molar-refractivity contribution in [3.05, 3.63) is 35.4 Å². The third-order valence-corrected chi connectivity index (χ3v) is 3.00. The maximum atomic E-state index is 11.9.